The Kier molecular flexibility index (Phi) is 5.22. The standard InChI is InChI=1S/C18H23FN4O3/c1-18(13-4-6-14(19)7-5-13)16(25)23(17(26)22-18)11-15(24)21-10-12-3-2-8-20-9-12/h4-7,12,20H,2-3,8-11H2,1H3,(H,21,24)(H,22,26). The van der Waals surface area contributed by atoms with E-state index in [0.717, 1.165) is 30.8 Å². The number of hydrogen-bond acceptors (Lipinski definition) is 4. The highest BCUT2D eigenvalue weighted by molar-refractivity contribution is 6.09. The molecule has 1 aromatic rings. The van der Waals surface area contributed by atoms with Gasteiger partial charge in [0.2, 0.25) is 5.91 Å². The minimum atomic E-state index is -1.31. The predicted molar refractivity (Wildman–Crippen MR) is 92.6 cm³/mol. The van der Waals surface area contributed by atoms with Crippen LogP contribution in [0.4, 0.5) is 9.18 Å². The summed E-state index contributed by atoms with van der Waals surface area (Å²) in [6.07, 6.45) is 2.11. The molecule has 8 heteroatoms. The van der Waals surface area contributed by atoms with Gasteiger partial charge in [-0.3, -0.25) is 14.5 Å². The Bertz CT molecular complexity index is 703. The Morgan fingerprint density at radius 1 is 1.35 bits per heavy atom. The van der Waals surface area contributed by atoms with Crippen molar-refractivity contribution >= 4 is 17.8 Å². The number of hydrogen-bond donors (Lipinski definition) is 3. The van der Waals surface area contributed by atoms with E-state index in [-0.39, 0.29) is 12.5 Å². The van der Waals surface area contributed by atoms with Gasteiger partial charge in [-0.2, -0.15) is 0 Å². The molecule has 0 radical (unpaired) electrons. The van der Waals surface area contributed by atoms with Crippen LogP contribution >= 0.6 is 0 Å². The summed E-state index contributed by atoms with van der Waals surface area (Å²) in [5.41, 5.74) is -0.841. The SMILES string of the molecule is CC1(c2ccc(F)cc2)NC(=O)N(CC(=O)NCC2CCCNC2)C1=O. The van der Waals surface area contributed by atoms with Crippen LogP contribution in [0.3, 0.4) is 0 Å². The number of amides is 4. The zero-order valence-electron chi connectivity index (χ0n) is 14.7. The first-order valence-electron chi connectivity index (χ1n) is 8.78. The van der Waals surface area contributed by atoms with Gasteiger partial charge in [-0.05, 0) is 56.5 Å². The molecule has 4 amide bonds. The first-order valence-corrected chi connectivity index (χ1v) is 8.78. The maximum Gasteiger partial charge on any atom is 0.325 e. The molecule has 3 N–H and O–H groups in total. The van der Waals surface area contributed by atoms with Gasteiger partial charge in [-0.15, -0.1) is 0 Å². The summed E-state index contributed by atoms with van der Waals surface area (Å²) in [4.78, 5) is 38.0. The van der Waals surface area contributed by atoms with Crippen LogP contribution in [0, 0.1) is 11.7 Å². The number of benzene rings is 1. The van der Waals surface area contributed by atoms with E-state index >= 15 is 0 Å². The largest absolute Gasteiger partial charge is 0.354 e. The summed E-state index contributed by atoms with van der Waals surface area (Å²) in [7, 11) is 0. The average molecular weight is 362 g/mol. The molecule has 1 aromatic carbocycles. The van der Waals surface area contributed by atoms with Gasteiger partial charge in [0, 0.05) is 6.54 Å². The van der Waals surface area contributed by atoms with Gasteiger partial charge in [-0.1, -0.05) is 12.1 Å². The number of rotatable bonds is 5. The number of carbonyl (C=O) groups is 3. The number of carbonyl (C=O) groups excluding carboxylic acids is 3. The van der Waals surface area contributed by atoms with Crippen molar-refractivity contribution in [3.05, 3.63) is 35.6 Å². The van der Waals surface area contributed by atoms with Crippen LogP contribution in [0.1, 0.15) is 25.3 Å². The Morgan fingerprint density at radius 2 is 2.08 bits per heavy atom. The van der Waals surface area contributed by atoms with Crippen LogP contribution < -0.4 is 16.0 Å². The van der Waals surface area contributed by atoms with Crippen LogP contribution in [0.2, 0.25) is 0 Å². The normalized spacial score (nSPS) is 25.9. The van der Waals surface area contributed by atoms with Gasteiger partial charge in [-0.25, -0.2) is 9.18 Å². The summed E-state index contributed by atoms with van der Waals surface area (Å²) in [6.45, 7) is 3.58. The molecule has 0 aromatic heterocycles. The highest BCUT2D eigenvalue weighted by atomic mass is 19.1. The molecule has 26 heavy (non-hydrogen) atoms. The van der Waals surface area contributed by atoms with Crippen LogP contribution in [0.5, 0.6) is 0 Å². The molecule has 2 fully saturated rings. The minimum Gasteiger partial charge on any atom is -0.354 e. The molecule has 0 aliphatic carbocycles. The van der Waals surface area contributed by atoms with Gasteiger partial charge < -0.3 is 16.0 Å². The fraction of sp³-hybridized carbons (Fsp3) is 0.500. The van der Waals surface area contributed by atoms with E-state index in [1.165, 1.54) is 24.3 Å². The number of piperidine rings is 1. The van der Waals surface area contributed by atoms with Crippen molar-refractivity contribution in [1.82, 2.24) is 20.9 Å². The topological polar surface area (TPSA) is 90.5 Å². The maximum atomic E-state index is 13.1. The minimum absolute atomic E-state index is 0.332. The van der Waals surface area contributed by atoms with Gasteiger partial charge in [0.1, 0.15) is 17.9 Å². The van der Waals surface area contributed by atoms with Gasteiger partial charge in [0.05, 0.1) is 0 Å². The van der Waals surface area contributed by atoms with Crippen molar-refractivity contribution in [3.8, 4) is 0 Å². The zero-order valence-corrected chi connectivity index (χ0v) is 14.7. The van der Waals surface area contributed by atoms with Crippen molar-refractivity contribution in [3.63, 3.8) is 0 Å². The summed E-state index contributed by atoms with van der Waals surface area (Å²) < 4.78 is 13.1. The van der Waals surface area contributed by atoms with Gasteiger partial charge >= 0.3 is 6.03 Å². The lowest BCUT2D eigenvalue weighted by Gasteiger charge is -2.24. The van der Waals surface area contributed by atoms with E-state index in [2.05, 4.69) is 16.0 Å². The second-order valence-corrected chi connectivity index (χ2v) is 6.97. The molecule has 2 heterocycles. The molecule has 2 aliphatic rings. The van der Waals surface area contributed by atoms with Crippen molar-refractivity contribution in [2.75, 3.05) is 26.2 Å². The van der Waals surface area contributed by atoms with Gasteiger partial charge in [0.25, 0.3) is 5.91 Å². The second kappa shape index (κ2) is 7.41. The maximum absolute atomic E-state index is 13.1. The molecule has 140 valence electrons. The first-order chi connectivity index (χ1) is 12.4. The summed E-state index contributed by atoms with van der Waals surface area (Å²) >= 11 is 0. The van der Waals surface area contributed by atoms with Gasteiger partial charge in [0.15, 0.2) is 0 Å². The fourth-order valence-electron chi connectivity index (χ4n) is 3.38. The molecule has 2 aliphatic heterocycles. The molecule has 0 spiro atoms. The summed E-state index contributed by atoms with van der Waals surface area (Å²) in [6, 6.07) is 4.73. The Balaban J connectivity index is 1.61. The Labute approximate surface area is 151 Å². The monoisotopic (exact) mass is 362 g/mol. The third-order valence-electron chi connectivity index (χ3n) is 4.99. The van der Waals surface area contributed by atoms with E-state index < -0.39 is 23.3 Å². The van der Waals surface area contributed by atoms with E-state index in [1.807, 2.05) is 0 Å². The van der Waals surface area contributed by atoms with E-state index in [1.54, 1.807) is 6.92 Å². The second-order valence-electron chi connectivity index (χ2n) is 6.97. The molecule has 2 atom stereocenters. The number of imide groups is 1. The third kappa shape index (κ3) is 3.70. The predicted octanol–water partition coefficient (Wildman–Crippen LogP) is 0.709. The lowest BCUT2D eigenvalue weighted by molar-refractivity contribution is -0.134. The number of urea groups is 1. The number of nitrogens with one attached hydrogen (secondary N) is 3. The Morgan fingerprint density at radius 3 is 2.73 bits per heavy atom. The number of halogens is 1. The number of nitrogens with zero attached hydrogens (tertiary/aromatic N) is 1. The first kappa shape index (κ1) is 18.3. The Hall–Kier alpha value is -2.48. The summed E-state index contributed by atoms with van der Waals surface area (Å²) in [5, 5.41) is 8.67. The van der Waals surface area contributed by atoms with Crippen LogP contribution in [0.25, 0.3) is 0 Å². The van der Waals surface area contributed by atoms with Crippen molar-refractivity contribution < 1.29 is 18.8 Å². The third-order valence-corrected chi connectivity index (χ3v) is 4.99. The zero-order chi connectivity index (χ0) is 18.7. The fourth-order valence-corrected chi connectivity index (χ4v) is 3.38. The van der Waals surface area contributed by atoms with Crippen molar-refractivity contribution in [2.24, 2.45) is 5.92 Å². The van der Waals surface area contributed by atoms with Crippen LogP contribution in [-0.2, 0) is 15.1 Å². The molecule has 0 bridgehead atoms. The lowest BCUT2D eigenvalue weighted by Crippen LogP contribution is -2.45. The molecule has 3 rings (SSSR count). The van der Waals surface area contributed by atoms with E-state index in [4.69, 9.17) is 0 Å². The van der Waals surface area contributed by atoms with E-state index in [0.29, 0.717) is 18.0 Å². The van der Waals surface area contributed by atoms with E-state index in [9.17, 15) is 18.8 Å². The van der Waals surface area contributed by atoms with Crippen LogP contribution in [0.15, 0.2) is 24.3 Å². The summed E-state index contributed by atoms with van der Waals surface area (Å²) in [5.74, 6) is -0.964. The average Bonchev–Trinajstić information content (AvgIpc) is 2.85. The molecular formula is C18H23FN4O3. The molecular weight excluding hydrogens is 339 g/mol. The molecule has 7 nitrogen and oxygen atoms in total. The smallest absolute Gasteiger partial charge is 0.325 e. The lowest BCUT2D eigenvalue weighted by atomic mass is 9.92. The molecule has 2 unspecified atom stereocenters. The highest BCUT2D eigenvalue weighted by Gasteiger charge is 2.49. The molecule has 2 saturated heterocycles. The van der Waals surface area contributed by atoms with Crippen LogP contribution in [-0.4, -0.2) is 48.9 Å². The van der Waals surface area contributed by atoms with Crippen molar-refractivity contribution in [1.29, 1.82) is 0 Å². The highest BCUT2D eigenvalue weighted by Crippen LogP contribution is 2.28. The quantitative estimate of drug-likeness (QED) is 0.673. The van der Waals surface area contributed by atoms with Crippen molar-refractivity contribution in [2.45, 2.75) is 25.3 Å². The molecule has 0 saturated carbocycles.